The lowest BCUT2D eigenvalue weighted by Crippen LogP contribution is -2.45. The van der Waals surface area contributed by atoms with Crippen molar-refractivity contribution in [1.29, 1.82) is 0 Å². The lowest BCUT2D eigenvalue weighted by Gasteiger charge is -2.25. The predicted octanol–water partition coefficient (Wildman–Crippen LogP) is 4.51. The molecule has 0 amide bonds. The van der Waals surface area contributed by atoms with Crippen LogP contribution in [0, 0.1) is 27.7 Å². The Morgan fingerprint density at radius 2 is 1.54 bits per heavy atom. The van der Waals surface area contributed by atoms with Gasteiger partial charge in [0.25, 0.3) is 0 Å². The third kappa shape index (κ3) is 2.30. The molecule has 0 radical (unpaired) electrons. The van der Waals surface area contributed by atoms with Gasteiger partial charge in [0.05, 0.1) is 0 Å². The molecular weight excluding hydrogens is 287 g/mol. The number of benzene rings is 2. The monoisotopic (exact) mass is 312 g/mol. The first-order valence-corrected chi connectivity index (χ1v) is 9.00. The summed E-state index contributed by atoms with van der Waals surface area (Å²) in [5, 5.41) is 0. The quantitative estimate of drug-likeness (QED) is 0.680. The molecule has 24 heavy (non-hydrogen) atoms. The summed E-state index contributed by atoms with van der Waals surface area (Å²) in [6.45, 7) is 11.7. The van der Waals surface area contributed by atoms with Crippen LogP contribution in [0.4, 0.5) is 0 Å². The molecule has 0 spiro atoms. The summed E-state index contributed by atoms with van der Waals surface area (Å²) >= 11 is 0. The molecule has 2 atom stereocenters. The van der Waals surface area contributed by atoms with Crippen LogP contribution in [0.3, 0.4) is 0 Å². The minimum Gasteiger partial charge on any atom is -0.0841 e. The Bertz CT molecular complexity index is 862. The molecule has 4 rings (SSSR count). The van der Waals surface area contributed by atoms with Gasteiger partial charge in [0.2, 0.25) is 6.71 Å². The molecule has 2 aliphatic rings. The average Bonchev–Trinajstić information content (AvgIpc) is 2.79. The highest BCUT2D eigenvalue weighted by Crippen LogP contribution is 2.43. The molecule has 0 saturated carbocycles. The molecule has 2 aromatic carbocycles. The van der Waals surface area contributed by atoms with E-state index in [1.165, 1.54) is 38.9 Å². The van der Waals surface area contributed by atoms with Crippen LogP contribution < -0.4 is 10.9 Å². The van der Waals surface area contributed by atoms with Crippen LogP contribution in [0.25, 0.3) is 0 Å². The Kier molecular flexibility index (Phi) is 3.56. The van der Waals surface area contributed by atoms with Gasteiger partial charge in [-0.2, -0.15) is 0 Å². The van der Waals surface area contributed by atoms with Crippen molar-refractivity contribution in [1.82, 2.24) is 0 Å². The Balaban J connectivity index is 1.97. The molecule has 120 valence electrons. The summed E-state index contributed by atoms with van der Waals surface area (Å²) in [4.78, 5) is 0. The molecule has 2 unspecified atom stereocenters. The summed E-state index contributed by atoms with van der Waals surface area (Å²) in [6.07, 6.45) is 7.22. The fourth-order valence-electron chi connectivity index (χ4n) is 4.97. The van der Waals surface area contributed by atoms with Crippen molar-refractivity contribution in [3.8, 4) is 0 Å². The van der Waals surface area contributed by atoms with Gasteiger partial charge in [0.15, 0.2) is 0 Å². The van der Waals surface area contributed by atoms with Gasteiger partial charge in [0.1, 0.15) is 0 Å². The van der Waals surface area contributed by atoms with E-state index in [1.807, 2.05) is 0 Å². The molecule has 0 saturated heterocycles. The van der Waals surface area contributed by atoms with Crippen molar-refractivity contribution >= 4 is 17.6 Å². The van der Waals surface area contributed by atoms with Crippen LogP contribution in [0.15, 0.2) is 54.1 Å². The number of rotatable bonds is 1. The number of allylic oxidation sites excluding steroid dienone is 4. The molecule has 1 heteroatoms. The second-order valence-electron chi connectivity index (χ2n) is 7.80. The first kappa shape index (κ1) is 15.5. The Morgan fingerprint density at radius 3 is 2.25 bits per heavy atom. The maximum Gasteiger partial charge on any atom is 0.218 e. The van der Waals surface area contributed by atoms with Crippen LogP contribution in [0.1, 0.15) is 40.7 Å². The van der Waals surface area contributed by atoms with E-state index in [-0.39, 0.29) is 0 Å². The summed E-state index contributed by atoms with van der Waals surface area (Å²) in [7, 11) is 0. The van der Waals surface area contributed by atoms with E-state index < -0.39 is 0 Å². The van der Waals surface area contributed by atoms with E-state index in [4.69, 9.17) is 0 Å². The molecule has 0 fully saturated rings. The van der Waals surface area contributed by atoms with Gasteiger partial charge in [-0.05, 0) is 46.0 Å². The first-order valence-electron chi connectivity index (χ1n) is 9.00. The fraction of sp³-hybridized carbons (Fsp3) is 0.304. The van der Waals surface area contributed by atoms with Crippen LogP contribution in [0.2, 0.25) is 5.82 Å². The average molecular weight is 312 g/mol. The Hall–Kier alpha value is -2.02. The largest absolute Gasteiger partial charge is 0.218 e. The molecule has 0 aromatic heterocycles. The van der Waals surface area contributed by atoms with E-state index in [0.717, 1.165) is 0 Å². The van der Waals surface area contributed by atoms with Crippen LogP contribution in [0.5, 0.6) is 0 Å². The van der Waals surface area contributed by atoms with Gasteiger partial charge in [-0.15, -0.1) is 0 Å². The second kappa shape index (κ2) is 5.51. The van der Waals surface area contributed by atoms with Gasteiger partial charge in [-0.25, -0.2) is 0 Å². The van der Waals surface area contributed by atoms with E-state index in [9.17, 15) is 0 Å². The number of hydrogen-bond donors (Lipinski definition) is 0. The lowest BCUT2D eigenvalue weighted by molar-refractivity contribution is 0.857. The van der Waals surface area contributed by atoms with Gasteiger partial charge in [0, 0.05) is 5.92 Å². The Labute approximate surface area is 146 Å². The molecule has 1 aliphatic carbocycles. The number of fused-ring (bicyclic) bond motifs is 3. The van der Waals surface area contributed by atoms with Crippen molar-refractivity contribution in [3.63, 3.8) is 0 Å². The third-order valence-corrected chi connectivity index (χ3v) is 5.81. The van der Waals surface area contributed by atoms with E-state index >= 15 is 0 Å². The van der Waals surface area contributed by atoms with Gasteiger partial charge < -0.3 is 0 Å². The minimum absolute atomic E-state index is 0.477. The topological polar surface area (TPSA) is 0 Å². The van der Waals surface area contributed by atoms with Gasteiger partial charge in [-0.1, -0.05) is 87.3 Å². The zero-order valence-corrected chi connectivity index (χ0v) is 15.4. The van der Waals surface area contributed by atoms with Crippen molar-refractivity contribution in [2.24, 2.45) is 0 Å². The SMILES string of the molecule is CC1=CC2B(c3c(C)cc(C)cc3C)c3cc(C)ccc3C2C=C1. The predicted molar refractivity (Wildman–Crippen MR) is 106 cm³/mol. The van der Waals surface area contributed by atoms with Crippen molar-refractivity contribution < 1.29 is 0 Å². The van der Waals surface area contributed by atoms with E-state index in [1.54, 1.807) is 5.46 Å². The summed E-state index contributed by atoms with van der Waals surface area (Å²) in [6, 6.07) is 11.8. The Morgan fingerprint density at radius 1 is 0.833 bits per heavy atom. The fourth-order valence-corrected chi connectivity index (χ4v) is 4.97. The van der Waals surface area contributed by atoms with Crippen LogP contribution in [-0.4, -0.2) is 6.71 Å². The minimum atomic E-state index is 0.477. The molecule has 0 N–H and O–H groups in total. The molecule has 0 bridgehead atoms. The van der Waals surface area contributed by atoms with Crippen LogP contribution in [-0.2, 0) is 0 Å². The van der Waals surface area contributed by atoms with Gasteiger partial charge in [-0.3, -0.25) is 0 Å². The standard InChI is InChI=1S/C23H25B/c1-14-6-8-19-20-9-7-15(2)13-22(20)24(21(19)12-14)23-17(4)10-16(3)11-18(23)5/h6-13,19,21H,1-5H3. The van der Waals surface area contributed by atoms with Crippen molar-refractivity contribution in [3.05, 3.63) is 82.0 Å². The molecule has 1 heterocycles. The lowest BCUT2D eigenvalue weighted by atomic mass is 9.34. The highest BCUT2D eigenvalue weighted by atomic mass is 14.3. The highest BCUT2D eigenvalue weighted by molar-refractivity contribution is 6.89. The number of hydrogen-bond acceptors (Lipinski definition) is 0. The number of aryl methyl sites for hydroxylation is 4. The zero-order chi connectivity index (χ0) is 17.0. The van der Waals surface area contributed by atoms with Crippen LogP contribution >= 0.6 is 0 Å². The third-order valence-electron chi connectivity index (χ3n) is 5.81. The summed E-state index contributed by atoms with van der Waals surface area (Å²) in [5.41, 5.74) is 11.6. The van der Waals surface area contributed by atoms with E-state index in [0.29, 0.717) is 18.4 Å². The normalized spacial score (nSPS) is 21.5. The summed E-state index contributed by atoms with van der Waals surface area (Å²) in [5.74, 6) is 1.07. The van der Waals surface area contributed by atoms with Crippen molar-refractivity contribution in [2.75, 3.05) is 0 Å². The zero-order valence-electron chi connectivity index (χ0n) is 15.4. The van der Waals surface area contributed by atoms with Gasteiger partial charge >= 0.3 is 0 Å². The maximum atomic E-state index is 2.50. The second-order valence-corrected chi connectivity index (χ2v) is 7.80. The van der Waals surface area contributed by atoms with E-state index in [2.05, 4.69) is 83.2 Å². The first-order chi connectivity index (χ1) is 11.5. The smallest absolute Gasteiger partial charge is 0.0841 e. The highest BCUT2D eigenvalue weighted by Gasteiger charge is 2.43. The molecule has 1 aliphatic heterocycles. The van der Waals surface area contributed by atoms with Crippen molar-refractivity contribution in [2.45, 2.75) is 46.4 Å². The molecule has 0 nitrogen and oxygen atoms in total. The summed E-state index contributed by atoms with van der Waals surface area (Å²) < 4.78 is 0. The maximum absolute atomic E-state index is 2.50. The molecular formula is C23H25B. The molecule has 2 aromatic rings.